The zero-order chi connectivity index (χ0) is 14.2. The summed E-state index contributed by atoms with van der Waals surface area (Å²) in [7, 11) is 1.70. The number of para-hydroxylation sites is 1. The largest absolute Gasteiger partial charge is 0.497 e. The Balaban J connectivity index is 1.97. The zero-order valence-electron chi connectivity index (χ0n) is 12.2. The van der Waals surface area contributed by atoms with Gasteiger partial charge in [-0.05, 0) is 41.8 Å². The van der Waals surface area contributed by atoms with Crippen LogP contribution in [0.5, 0.6) is 11.5 Å². The summed E-state index contributed by atoms with van der Waals surface area (Å²) in [5.41, 5.74) is 2.69. The highest BCUT2D eigenvalue weighted by molar-refractivity contribution is 5.43. The minimum atomic E-state index is 0.0648. The molecule has 0 aliphatic heterocycles. The second-order valence-corrected chi connectivity index (χ2v) is 6.04. The van der Waals surface area contributed by atoms with Gasteiger partial charge in [-0.25, -0.2) is 0 Å². The van der Waals surface area contributed by atoms with Crippen molar-refractivity contribution in [3.63, 3.8) is 0 Å². The average molecular weight is 268 g/mol. The van der Waals surface area contributed by atoms with Crippen LogP contribution in [0.1, 0.15) is 31.1 Å². The zero-order valence-corrected chi connectivity index (χ0v) is 12.2. The van der Waals surface area contributed by atoms with E-state index in [1.54, 1.807) is 7.11 Å². The quantitative estimate of drug-likeness (QED) is 0.821. The van der Waals surface area contributed by atoms with Crippen LogP contribution >= 0.6 is 0 Å². The lowest BCUT2D eigenvalue weighted by molar-refractivity contribution is 0.0903. The minimum Gasteiger partial charge on any atom is -0.497 e. The molecule has 0 amide bonds. The molecular weight excluding hydrogens is 248 g/mol. The average Bonchev–Trinajstić information content (AvgIpc) is 2.70. The Morgan fingerprint density at radius 3 is 2.45 bits per heavy atom. The van der Waals surface area contributed by atoms with Crippen LogP contribution < -0.4 is 9.47 Å². The number of methoxy groups -OCH3 is 1. The first-order valence-corrected chi connectivity index (χ1v) is 6.99. The molecule has 0 bridgehead atoms. The molecule has 1 atom stereocenters. The van der Waals surface area contributed by atoms with Gasteiger partial charge >= 0.3 is 0 Å². The standard InChI is InChI=1S/C18H20O2/c1-18(2)12-13-9-10-15(19-3)11-16(13)17(18)20-14-7-5-4-6-8-14/h4-11,17H,12H2,1-3H3. The second kappa shape index (κ2) is 4.86. The fraction of sp³-hybridized carbons (Fsp3) is 0.333. The molecule has 0 heterocycles. The molecule has 0 fully saturated rings. The highest BCUT2D eigenvalue weighted by atomic mass is 16.5. The van der Waals surface area contributed by atoms with Gasteiger partial charge in [0.2, 0.25) is 0 Å². The molecule has 1 unspecified atom stereocenters. The van der Waals surface area contributed by atoms with Gasteiger partial charge < -0.3 is 9.47 Å². The van der Waals surface area contributed by atoms with Crippen LogP contribution in [0.3, 0.4) is 0 Å². The monoisotopic (exact) mass is 268 g/mol. The fourth-order valence-electron chi connectivity index (χ4n) is 2.97. The van der Waals surface area contributed by atoms with Gasteiger partial charge in [0, 0.05) is 5.41 Å². The minimum absolute atomic E-state index is 0.0648. The maximum atomic E-state index is 6.26. The van der Waals surface area contributed by atoms with Crippen molar-refractivity contribution >= 4 is 0 Å². The van der Waals surface area contributed by atoms with Gasteiger partial charge in [0.1, 0.15) is 17.6 Å². The van der Waals surface area contributed by atoms with E-state index in [1.165, 1.54) is 11.1 Å². The van der Waals surface area contributed by atoms with E-state index in [1.807, 2.05) is 36.4 Å². The lowest BCUT2D eigenvalue weighted by Crippen LogP contribution is -2.22. The molecule has 0 aromatic heterocycles. The molecule has 0 saturated carbocycles. The lowest BCUT2D eigenvalue weighted by atomic mass is 9.87. The number of benzene rings is 2. The molecule has 0 saturated heterocycles. The summed E-state index contributed by atoms with van der Waals surface area (Å²) in [5.74, 6) is 1.81. The van der Waals surface area contributed by atoms with Crippen molar-refractivity contribution in [3.05, 3.63) is 59.7 Å². The molecule has 2 nitrogen and oxygen atoms in total. The Morgan fingerprint density at radius 2 is 1.75 bits per heavy atom. The maximum Gasteiger partial charge on any atom is 0.129 e. The molecule has 2 aromatic carbocycles. The van der Waals surface area contributed by atoms with Crippen molar-refractivity contribution in [1.82, 2.24) is 0 Å². The van der Waals surface area contributed by atoms with E-state index in [4.69, 9.17) is 9.47 Å². The van der Waals surface area contributed by atoms with Crippen molar-refractivity contribution in [3.8, 4) is 11.5 Å². The smallest absolute Gasteiger partial charge is 0.129 e. The number of rotatable bonds is 3. The van der Waals surface area contributed by atoms with Crippen LogP contribution in [-0.4, -0.2) is 7.11 Å². The summed E-state index contributed by atoms with van der Waals surface area (Å²) in [6, 6.07) is 16.3. The summed E-state index contributed by atoms with van der Waals surface area (Å²) in [6.07, 6.45) is 1.10. The third kappa shape index (κ3) is 2.26. The molecule has 104 valence electrons. The van der Waals surface area contributed by atoms with E-state index in [2.05, 4.69) is 26.0 Å². The van der Waals surface area contributed by atoms with Crippen molar-refractivity contribution in [2.45, 2.75) is 26.4 Å². The van der Waals surface area contributed by atoms with E-state index in [0.29, 0.717) is 0 Å². The van der Waals surface area contributed by atoms with Crippen LogP contribution in [0, 0.1) is 5.41 Å². The van der Waals surface area contributed by atoms with Crippen molar-refractivity contribution in [2.24, 2.45) is 5.41 Å². The molecule has 2 heteroatoms. The first-order chi connectivity index (χ1) is 9.60. The third-order valence-electron chi connectivity index (χ3n) is 3.99. The molecule has 0 radical (unpaired) electrons. The Hall–Kier alpha value is -1.96. The number of ether oxygens (including phenoxy) is 2. The molecule has 0 spiro atoms. The topological polar surface area (TPSA) is 18.5 Å². The van der Waals surface area contributed by atoms with Crippen LogP contribution in [0.25, 0.3) is 0 Å². The Bertz CT molecular complexity index is 602. The number of hydrogen-bond donors (Lipinski definition) is 0. The molecule has 20 heavy (non-hydrogen) atoms. The second-order valence-electron chi connectivity index (χ2n) is 6.04. The Labute approximate surface area is 120 Å². The van der Waals surface area contributed by atoms with Gasteiger partial charge in [-0.1, -0.05) is 38.1 Å². The highest BCUT2D eigenvalue weighted by Gasteiger charge is 2.41. The maximum absolute atomic E-state index is 6.26. The molecule has 1 aliphatic rings. The predicted octanol–water partition coefficient (Wildman–Crippen LogP) is 4.40. The van der Waals surface area contributed by atoms with Crippen molar-refractivity contribution in [1.29, 1.82) is 0 Å². The fourth-order valence-corrected chi connectivity index (χ4v) is 2.97. The first kappa shape index (κ1) is 13.0. The number of hydrogen-bond acceptors (Lipinski definition) is 2. The Kier molecular flexibility index (Phi) is 3.17. The van der Waals surface area contributed by atoms with Gasteiger partial charge in [-0.3, -0.25) is 0 Å². The van der Waals surface area contributed by atoms with Crippen molar-refractivity contribution in [2.75, 3.05) is 7.11 Å². The van der Waals surface area contributed by atoms with Crippen LogP contribution in [0.4, 0.5) is 0 Å². The summed E-state index contributed by atoms with van der Waals surface area (Å²) < 4.78 is 11.6. The van der Waals surface area contributed by atoms with E-state index in [0.717, 1.165) is 17.9 Å². The van der Waals surface area contributed by atoms with Gasteiger partial charge in [0.05, 0.1) is 7.11 Å². The predicted molar refractivity (Wildman–Crippen MR) is 80.3 cm³/mol. The first-order valence-electron chi connectivity index (χ1n) is 6.99. The normalized spacial score (nSPS) is 19.4. The summed E-state index contributed by atoms with van der Waals surface area (Å²) in [6.45, 7) is 4.51. The van der Waals surface area contributed by atoms with Gasteiger partial charge in [0.15, 0.2) is 0 Å². The van der Waals surface area contributed by atoms with Gasteiger partial charge in [-0.2, -0.15) is 0 Å². The van der Waals surface area contributed by atoms with Crippen LogP contribution in [0.15, 0.2) is 48.5 Å². The molecule has 2 aromatic rings. The summed E-state index contributed by atoms with van der Waals surface area (Å²) in [4.78, 5) is 0. The molecule has 3 rings (SSSR count). The van der Waals surface area contributed by atoms with Gasteiger partial charge in [0.25, 0.3) is 0 Å². The summed E-state index contributed by atoms with van der Waals surface area (Å²) >= 11 is 0. The van der Waals surface area contributed by atoms with Crippen LogP contribution in [-0.2, 0) is 6.42 Å². The SMILES string of the molecule is COc1ccc2c(c1)C(Oc1ccccc1)C(C)(C)C2. The number of fused-ring (bicyclic) bond motifs is 1. The summed E-state index contributed by atoms with van der Waals surface area (Å²) in [5, 5.41) is 0. The molecular formula is C18H20O2. The van der Waals surface area contributed by atoms with E-state index in [9.17, 15) is 0 Å². The van der Waals surface area contributed by atoms with Crippen LogP contribution in [0.2, 0.25) is 0 Å². The van der Waals surface area contributed by atoms with E-state index in [-0.39, 0.29) is 11.5 Å². The Morgan fingerprint density at radius 1 is 1.00 bits per heavy atom. The third-order valence-corrected chi connectivity index (χ3v) is 3.99. The highest BCUT2D eigenvalue weighted by Crippen LogP contribution is 2.48. The van der Waals surface area contributed by atoms with Gasteiger partial charge in [-0.15, -0.1) is 0 Å². The van der Waals surface area contributed by atoms with E-state index < -0.39 is 0 Å². The molecule has 0 N–H and O–H groups in total. The molecule has 1 aliphatic carbocycles. The van der Waals surface area contributed by atoms with E-state index >= 15 is 0 Å². The van der Waals surface area contributed by atoms with Crippen molar-refractivity contribution < 1.29 is 9.47 Å². The lowest BCUT2D eigenvalue weighted by Gasteiger charge is -2.28.